The van der Waals surface area contributed by atoms with Gasteiger partial charge in [0, 0.05) is 42.5 Å². The number of hydrogen-bond acceptors (Lipinski definition) is 7. The normalized spacial score (nSPS) is 19.3. The number of carbonyl (C=O) groups is 1. The molecule has 1 aliphatic heterocycles. The Hall–Kier alpha value is -4.03. The fraction of sp³-hybridized carbons (Fsp3) is 0.321. The Morgan fingerprint density at radius 3 is 2.68 bits per heavy atom. The first-order valence-corrected chi connectivity index (χ1v) is 13.3. The lowest BCUT2D eigenvalue weighted by Crippen LogP contribution is -2.50. The van der Waals surface area contributed by atoms with E-state index in [1.54, 1.807) is 25.1 Å². The van der Waals surface area contributed by atoms with Crippen molar-refractivity contribution in [3.05, 3.63) is 82.0 Å². The minimum absolute atomic E-state index is 0.0122. The van der Waals surface area contributed by atoms with Gasteiger partial charge in [-0.1, -0.05) is 23.7 Å². The molecule has 13 heteroatoms. The van der Waals surface area contributed by atoms with Crippen LogP contribution >= 0.6 is 11.6 Å². The van der Waals surface area contributed by atoms with Crippen LogP contribution in [0.25, 0.3) is 11.3 Å². The van der Waals surface area contributed by atoms with Crippen LogP contribution in [0.1, 0.15) is 36.7 Å². The molecule has 1 aliphatic rings. The highest BCUT2D eigenvalue weighted by atomic mass is 35.5. The molecule has 0 unspecified atom stereocenters. The number of carboxylic acids is 1. The number of H-pyrrole nitrogens is 1. The van der Waals surface area contributed by atoms with Crippen LogP contribution < -0.4 is 5.32 Å². The summed E-state index contributed by atoms with van der Waals surface area (Å²) in [6.07, 6.45) is 1.33. The van der Waals surface area contributed by atoms with E-state index in [-0.39, 0.29) is 59.9 Å². The van der Waals surface area contributed by atoms with Gasteiger partial charge in [-0.3, -0.25) is 14.8 Å². The second kappa shape index (κ2) is 11.5. The summed E-state index contributed by atoms with van der Waals surface area (Å²) in [5, 5.41) is 27.5. The lowest BCUT2D eigenvalue weighted by Gasteiger charge is -2.43. The maximum absolute atomic E-state index is 16.0. The fourth-order valence-electron chi connectivity index (χ4n) is 5.31. The number of aryl methyl sites for hydroxylation is 1. The first-order valence-electron chi connectivity index (χ1n) is 12.9. The second-order valence-electron chi connectivity index (χ2n) is 10.3. The minimum atomic E-state index is -1.41. The number of piperidine rings is 1. The van der Waals surface area contributed by atoms with Crippen LogP contribution in [-0.2, 0) is 17.8 Å². The molecular formula is C28H27ClF3N7O2. The summed E-state index contributed by atoms with van der Waals surface area (Å²) in [5.74, 6) is -3.73. The monoisotopic (exact) mass is 585 g/mol. The molecule has 1 aromatic carbocycles. The number of hydrogen-bond donors (Lipinski definition) is 3. The zero-order valence-electron chi connectivity index (χ0n) is 22.3. The third kappa shape index (κ3) is 5.75. The van der Waals surface area contributed by atoms with E-state index in [1.807, 2.05) is 11.8 Å². The Balaban J connectivity index is 1.49. The van der Waals surface area contributed by atoms with Gasteiger partial charge in [-0.2, -0.15) is 15.3 Å². The number of nitrogens with zero attached hydrogens (tertiary/aromatic N) is 5. The predicted molar refractivity (Wildman–Crippen MR) is 146 cm³/mol. The summed E-state index contributed by atoms with van der Waals surface area (Å²) < 4.78 is 46.2. The predicted octanol–water partition coefficient (Wildman–Crippen LogP) is 5.68. The summed E-state index contributed by atoms with van der Waals surface area (Å²) in [6, 6.07) is 8.97. The Bertz CT molecular complexity index is 1590. The average molecular weight is 586 g/mol. The molecule has 2 atom stereocenters. The number of rotatable bonds is 8. The number of likely N-dealkylation sites (tertiary alicyclic amines) is 1. The van der Waals surface area contributed by atoms with E-state index in [0.29, 0.717) is 17.8 Å². The Morgan fingerprint density at radius 1 is 1.22 bits per heavy atom. The molecule has 3 N–H and O–H groups in total. The van der Waals surface area contributed by atoms with Crippen LogP contribution in [0.5, 0.6) is 0 Å². The maximum Gasteiger partial charge on any atom is 0.310 e. The molecule has 0 bridgehead atoms. The Labute approximate surface area is 238 Å². The van der Waals surface area contributed by atoms with Crippen LogP contribution in [0.15, 0.2) is 42.6 Å². The van der Waals surface area contributed by atoms with Gasteiger partial charge in [0.1, 0.15) is 5.82 Å². The average Bonchev–Trinajstić information content (AvgIpc) is 3.36. The van der Waals surface area contributed by atoms with Gasteiger partial charge in [-0.15, -0.1) is 0 Å². The van der Waals surface area contributed by atoms with E-state index in [2.05, 4.69) is 30.7 Å². The van der Waals surface area contributed by atoms with Gasteiger partial charge in [-0.25, -0.2) is 18.2 Å². The summed E-state index contributed by atoms with van der Waals surface area (Å²) >= 11 is 5.93. The van der Waals surface area contributed by atoms with Gasteiger partial charge in [0.05, 0.1) is 27.4 Å². The highest BCUT2D eigenvalue weighted by Gasteiger charge is 2.46. The van der Waals surface area contributed by atoms with Crippen molar-refractivity contribution in [2.75, 3.05) is 11.9 Å². The van der Waals surface area contributed by atoms with Gasteiger partial charge in [0.15, 0.2) is 23.3 Å². The quantitative estimate of drug-likeness (QED) is 0.241. The molecule has 0 spiro atoms. The van der Waals surface area contributed by atoms with Gasteiger partial charge < -0.3 is 10.4 Å². The fourth-order valence-corrected chi connectivity index (χ4v) is 5.50. The number of nitrogens with one attached hydrogen (secondary N) is 2. The standard InChI is InChI=1S/C28H27ClF3N7O2/c1-15-11-21(38-36-15)35-26-25(32)22(19-7-4-9-33-37-19)24(31)20(34-26)13-28(27(40)41)8-10-39(16(2)12-28)14-17-5-3-6-18(29)23(17)30/h3-7,9,11,16H,8,10,12-14H2,1-2H3,(H,40,41)(H2,34,35,36,38)/t16-,28-/m1/s1. The summed E-state index contributed by atoms with van der Waals surface area (Å²) in [7, 11) is 0. The zero-order chi connectivity index (χ0) is 29.3. The lowest BCUT2D eigenvalue weighted by molar-refractivity contribution is -0.153. The molecule has 4 aromatic rings. The maximum atomic E-state index is 16.0. The molecule has 4 heterocycles. The molecule has 0 aliphatic carbocycles. The van der Waals surface area contributed by atoms with Crippen molar-refractivity contribution in [2.45, 2.75) is 45.7 Å². The number of carboxylic acid groups (broad SMARTS) is 1. The molecule has 9 nitrogen and oxygen atoms in total. The van der Waals surface area contributed by atoms with Gasteiger partial charge >= 0.3 is 5.97 Å². The Kier molecular flexibility index (Phi) is 7.96. The number of aliphatic carboxylic acids is 1. The van der Waals surface area contributed by atoms with Crippen molar-refractivity contribution < 1.29 is 23.1 Å². The minimum Gasteiger partial charge on any atom is -0.481 e. The second-order valence-corrected chi connectivity index (χ2v) is 10.7. The van der Waals surface area contributed by atoms with Crippen molar-refractivity contribution in [2.24, 2.45) is 5.41 Å². The SMILES string of the molecule is Cc1cc(Nc2nc(C[C@@]3(C(=O)O)CCN(Cc4cccc(Cl)c4F)[C@H](C)C3)c(F)c(-c3cccnn3)c2F)n[nH]1. The molecule has 0 radical (unpaired) electrons. The largest absolute Gasteiger partial charge is 0.481 e. The zero-order valence-corrected chi connectivity index (χ0v) is 23.0. The number of benzene rings is 1. The lowest BCUT2D eigenvalue weighted by atomic mass is 9.72. The summed E-state index contributed by atoms with van der Waals surface area (Å²) in [5.41, 5.74) is -1.08. The van der Waals surface area contributed by atoms with E-state index < -0.39 is 34.4 Å². The highest BCUT2D eigenvalue weighted by molar-refractivity contribution is 6.30. The number of halogens is 4. The van der Waals surface area contributed by atoms with Crippen molar-refractivity contribution in [1.29, 1.82) is 0 Å². The smallest absolute Gasteiger partial charge is 0.310 e. The number of pyridine rings is 1. The first-order chi connectivity index (χ1) is 19.6. The molecule has 214 valence electrons. The van der Waals surface area contributed by atoms with Crippen molar-refractivity contribution in [3.63, 3.8) is 0 Å². The van der Waals surface area contributed by atoms with Crippen LogP contribution in [-0.4, -0.2) is 53.9 Å². The van der Waals surface area contributed by atoms with Crippen molar-refractivity contribution in [3.8, 4) is 11.3 Å². The van der Waals surface area contributed by atoms with E-state index in [0.717, 1.165) is 0 Å². The number of anilines is 2. The summed E-state index contributed by atoms with van der Waals surface area (Å²) in [4.78, 5) is 18.9. The summed E-state index contributed by atoms with van der Waals surface area (Å²) in [6.45, 7) is 4.14. The van der Waals surface area contributed by atoms with E-state index in [1.165, 1.54) is 24.4 Å². The molecule has 41 heavy (non-hydrogen) atoms. The van der Waals surface area contributed by atoms with Gasteiger partial charge in [0.2, 0.25) is 0 Å². The van der Waals surface area contributed by atoms with Crippen molar-refractivity contribution >= 4 is 29.2 Å². The molecule has 1 fully saturated rings. The third-order valence-corrected chi connectivity index (χ3v) is 7.77. The van der Waals surface area contributed by atoms with Gasteiger partial charge in [0.25, 0.3) is 0 Å². The highest BCUT2D eigenvalue weighted by Crippen LogP contribution is 2.41. The van der Waals surface area contributed by atoms with Crippen LogP contribution in [0, 0.1) is 29.8 Å². The molecule has 0 saturated carbocycles. The van der Waals surface area contributed by atoms with Crippen LogP contribution in [0.2, 0.25) is 5.02 Å². The van der Waals surface area contributed by atoms with E-state index in [4.69, 9.17) is 11.6 Å². The molecule has 1 saturated heterocycles. The van der Waals surface area contributed by atoms with Crippen LogP contribution in [0.4, 0.5) is 24.8 Å². The van der Waals surface area contributed by atoms with Crippen molar-refractivity contribution in [1.82, 2.24) is 30.3 Å². The number of aromatic amines is 1. The van der Waals surface area contributed by atoms with E-state index >= 15 is 8.78 Å². The van der Waals surface area contributed by atoms with Crippen LogP contribution in [0.3, 0.4) is 0 Å². The van der Waals surface area contributed by atoms with Gasteiger partial charge in [-0.05, 0) is 51.4 Å². The molecule has 3 aromatic heterocycles. The molecule has 0 amide bonds. The molecule has 5 rings (SSSR count). The Morgan fingerprint density at radius 2 is 2.02 bits per heavy atom. The first kappa shape index (κ1) is 28.5. The third-order valence-electron chi connectivity index (χ3n) is 7.48. The van der Waals surface area contributed by atoms with E-state index in [9.17, 15) is 14.3 Å². The molecular weight excluding hydrogens is 559 g/mol. The number of aromatic nitrogens is 5. The topological polar surface area (TPSA) is 120 Å².